The van der Waals surface area contributed by atoms with Crippen molar-refractivity contribution in [3.63, 3.8) is 0 Å². The standard InChI is InChI=1S/C23H29N3O.C10H14N2/c27-19-18-25-16-14-24(15-17-25)12-5-13-26-22-8-3-1-6-20(22)10-11-21-7-2-4-9-23(21)26;1-12-7-3-5-10(12)9-4-2-6-11-8-9/h1-4,6-11,27H,5,12-19H2;2,4,6,8,10H,3,5,7H2,1H3/t;10-/m.0/s1. The number of aliphatic hydroxyl groups excluding tert-OH is 1. The lowest BCUT2D eigenvalue weighted by Gasteiger charge is -2.35. The highest BCUT2D eigenvalue weighted by molar-refractivity contribution is 5.88. The van der Waals surface area contributed by atoms with Gasteiger partial charge < -0.3 is 14.9 Å². The van der Waals surface area contributed by atoms with Crippen LogP contribution in [0.1, 0.15) is 42.0 Å². The number of pyridine rings is 1. The van der Waals surface area contributed by atoms with E-state index in [1.54, 1.807) is 0 Å². The van der Waals surface area contributed by atoms with Crippen LogP contribution in [0.5, 0.6) is 0 Å². The van der Waals surface area contributed by atoms with Crippen molar-refractivity contribution in [1.82, 2.24) is 19.7 Å². The molecule has 0 amide bonds. The molecule has 3 aromatic rings. The number of hydrogen-bond acceptors (Lipinski definition) is 6. The van der Waals surface area contributed by atoms with Crippen molar-refractivity contribution >= 4 is 23.5 Å². The van der Waals surface area contributed by atoms with Gasteiger partial charge in [-0.1, -0.05) is 54.6 Å². The number of aliphatic hydroxyl groups is 1. The number of piperazine rings is 1. The summed E-state index contributed by atoms with van der Waals surface area (Å²) in [5.74, 6) is 0. The van der Waals surface area contributed by atoms with Gasteiger partial charge in [-0.05, 0) is 74.3 Å². The molecule has 4 heterocycles. The van der Waals surface area contributed by atoms with E-state index in [0.29, 0.717) is 6.04 Å². The van der Waals surface area contributed by atoms with E-state index >= 15 is 0 Å². The first-order valence-corrected chi connectivity index (χ1v) is 14.5. The van der Waals surface area contributed by atoms with E-state index in [1.165, 1.54) is 47.5 Å². The molecule has 0 radical (unpaired) electrons. The van der Waals surface area contributed by atoms with Crippen molar-refractivity contribution in [2.75, 3.05) is 70.9 Å². The van der Waals surface area contributed by atoms with E-state index in [1.807, 2.05) is 18.5 Å². The van der Waals surface area contributed by atoms with Crippen molar-refractivity contribution in [2.45, 2.75) is 25.3 Å². The molecule has 0 aliphatic carbocycles. The molecule has 2 saturated heterocycles. The molecule has 0 unspecified atom stereocenters. The first-order valence-electron chi connectivity index (χ1n) is 14.5. The van der Waals surface area contributed by atoms with E-state index in [2.05, 4.69) is 98.4 Å². The minimum Gasteiger partial charge on any atom is -0.395 e. The van der Waals surface area contributed by atoms with Crippen LogP contribution in [0.3, 0.4) is 0 Å². The van der Waals surface area contributed by atoms with Crippen molar-refractivity contribution < 1.29 is 5.11 Å². The number of rotatable bonds is 7. The van der Waals surface area contributed by atoms with E-state index in [4.69, 9.17) is 5.11 Å². The number of aromatic nitrogens is 1. The summed E-state index contributed by atoms with van der Waals surface area (Å²) in [6.45, 7) is 8.79. The van der Waals surface area contributed by atoms with Gasteiger partial charge in [0.2, 0.25) is 0 Å². The van der Waals surface area contributed by atoms with Gasteiger partial charge in [-0.25, -0.2) is 0 Å². The zero-order valence-corrected chi connectivity index (χ0v) is 23.3. The lowest BCUT2D eigenvalue weighted by molar-refractivity contribution is 0.112. The third-order valence-corrected chi connectivity index (χ3v) is 8.22. The smallest absolute Gasteiger partial charge is 0.0558 e. The van der Waals surface area contributed by atoms with Gasteiger partial charge in [0.1, 0.15) is 0 Å². The van der Waals surface area contributed by atoms with Crippen LogP contribution >= 0.6 is 0 Å². The largest absolute Gasteiger partial charge is 0.395 e. The summed E-state index contributed by atoms with van der Waals surface area (Å²) in [5.41, 5.74) is 6.52. The molecular formula is C33H43N5O. The molecular weight excluding hydrogens is 482 g/mol. The van der Waals surface area contributed by atoms with Crippen LogP contribution in [0.15, 0.2) is 73.1 Å². The molecule has 39 heavy (non-hydrogen) atoms. The van der Waals surface area contributed by atoms with Crippen LogP contribution in [-0.2, 0) is 0 Å². The third-order valence-electron chi connectivity index (χ3n) is 8.22. The van der Waals surface area contributed by atoms with E-state index < -0.39 is 0 Å². The highest BCUT2D eigenvalue weighted by Crippen LogP contribution is 2.36. The highest BCUT2D eigenvalue weighted by atomic mass is 16.3. The number of fused-ring (bicyclic) bond motifs is 2. The minimum absolute atomic E-state index is 0.266. The number of β-amino-alcohol motifs (C(OH)–C–C–N with tert-alkyl or cyclic N) is 1. The van der Waals surface area contributed by atoms with Crippen molar-refractivity contribution in [1.29, 1.82) is 0 Å². The summed E-state index contributed by atoms with van der Waals surface area (Å²) >= 11 is 0. The van der Waals surface area contributed by atoms with Crippen LogP contribution in [0, 0.1) is 0 Å². The second-order valence-electron chi connectivity index (χ2n) is 10.8. The van der Waals surface area contributed by atoms with Crippen LogP contribution in [0.25, 0.3) is 12.2 Å². The van der Waals surface area contributed by atoms with Gasteiger partial charge in [0.05, 0.1) is 6.61 Å². The molecule has 0 bridgehead atoms. The number of anilines is 2. The normalized spacial score (nSPS) is 19.6. The Bertz CT molecular complexity index is 1140. The number of para-hydroxylation sites is 2. The first kappa shape index (κ1) is 27.5. The fourth-order valence-electron chi connectivity index (χ4n) is 6.03. The predicted octanol–water partition coefficient (Wildman–Crippen LogP) is 5.16. The maximum absolute atomic E-state index is 9.09. The Kier molecular flexibility index (Phi) is 9.78. The quantitative estimate of drug-likeness (QED) is 0.460. The molecule has 6 nitrogen and oxygen atoms in total. The molecule has 0 saturated carbocycles. The summed E-state index contributed by atoms with van der Waals surface area (Å²) in [6.07, 6.45) is 12.0. The van der Waals surface area contributed by atoms with E-state index in [-0.39, 0.29) is 6.61 Å². The summed E-state index contributed by atoms with van der Waals surface area (Å²) in [6, 6.07) is 22.1. The topological polar surface area (TPSA) is 46.1 Å². The maximum Gasteiger partial charge on any atom is 0.0558 e. The zero-order valence-electron chi connectivity index (χ0n) is 23.3. The Morgan fingerprint density at radius 3 is 1.97 bits per heavy atom. The monoisotopic (exact) mass is 525 g/mol. The Morgan fingerprint density at radius 2 is 1.41 bits per heavy atom. The molecule has 1 aromatic heterocycles. The number of benzene rings is 2. The first-order chi connectivity index (χ1) is 19.2. The molecule has 6 rings (SSSR count). The van der Waals surface area contributed by atoms with Crippen LogP contribution in [-0.4, -0.2) is 90.8 Å². The Morgan fingerprint density at radius 1 is 0.769 bits per heavy atom. The number of likely N-dealkylation sites (tertiary alicyclic amines) is 1. The molecule has 2 fully saturated rings. The van der Waals surface area contributed by atoms with Gasteiger partial charge in [0, 0.05) is 69.1 Å². The molecule has 6 heteroatoms. The average Bonchev–Trinajstić information content (AvgIpc) is 3.35. The Balaban J connectivity index is 0.000000214. The molecule has 3 aliphatic rings. The second kappa shape index (κ2) is 13.9. The fourth-order valence-corrected chi connectivity index (χ4v) is 6.03. The van der Waals surface area contributed by atoms with Gasteiger partial charge in [-0.15, -0.1) is 0 Å². The molecule has 3 aliphatic heterocycles. The SMILES string of the molecule is CN1CCC[C@H]1c1cccnc1.OCCN1CCN(CCCN2c3ccccc3C=Cc3ccccc32)CC1. The van der Waals surface area contributed by atoms with Crippen LogP contribution in [0.2, 0.25) is 0 Å². The predicted molar refractivity (Wildman–Crippen MR) is 162 cm³/mol. The summed E-state index contributed by atoms with van der Waals surface area (Å²) in [7, 11) is 2.19. The minimum atomic E-state index is 0.266. The average molecular weight is 526 g/mol. The summed E-state index contributed by atoms with van der Waals surface area (Å²) < 4.78 is 0. The Labute approximate surface area is 234 Å². The molecule has 2 aromatic carbocycles. The van der Waals surface area contributed by atoms with Crippen molar-refractivity contribution in [2.24, 2.45) is 0 Å². The Hall–Kier alpha value is -3.03. The van der Waals surface area contributed by atoms with Crippen molar-refractivity contribution in [3.8, 4) is 0 Å². The van der Waals surface area contributed by atoms with Crippen LogP contribution < -0.4 is 4.90 Å². The van der Waals surface area contributed by atoms with E-state index in [0.717, 1.165) is 52.2 Å². The molecule has 206 valence electrons. The van der Waals surface area contributed by atoms with Crippen molar-refractivity contribution in [3.05, 3.63) is 89.7 Å². The van der Waals surface area contributed by atoms with Gasteiger partial charge in [-0.3, -0.25) is 14.8 Å². The van der Waals surface area contributed by atoms with Gasteiger partial charge >= 0.3 is 0 Å². The van der Waals surface area contributed by atoms with Gasteiger partial charge in [0.15, 0.2) is 0 Å². The summed E-state index contributed by atoms with van der Waals surface area (Å²) in [5, 5.41) is 9.09. The van der Waals surface area contributed by atoms with Gasteiger partial charge in [-0.2, -0.15) is 0 Å². The molecule has 0 spiro atoms. The van der Waals surface area contributed by atoms with Gasteiger partial charge in [0.25, 0.3) is 0 Å². The lowest BCUT2D eigenvalue weighted by Crippen LogP contribution is -2.47. The number of hydrogen-bond donors (Lipinski definition) is 1. The molecule has 1 N–H and O–H groups in total. The number of nitrogens with zero attached hydrogens (tertiary/aromatic N) is 5. The zero-order chi connectivity index (χ0) is 26.9. The second-order valence-corrected chi connectivity index (χ2v) is 10.8. The highest BCUT2D eigenvalue weighted by Gasteiger charge is 2.22. The molecule has 1 atom stereocenters. The van der Waals surface area contributed by atoms with E-state index in [9.17, 15) is 0 Å². The fraction of sp³-hybridized carbons (Fsp3) is 0.424. The third kappa shape index (κ3) is 7.14. The lowest BCUT2D eigenvalue weighted by atomic mass is 10.1. The maximum atomic E-state index is 9.09. The van der Waals surface area contributed by atoms with Crippen LogP contribution in [0.4, 0.5) is 11.4 Å². The summed E-state index contributed by atoms with van der Waals surface area (Å²) in [4.78, 5) is 13.9.